The number of rotatable bonds is 2. The first-order chi connectivity index (χ1) is 9.58. The molecule has 0 spiro atoms. The molecule has 1 atom stereocenters. The van der Waals surface area contributed by atoms with Gasteiger partial charge in [0.15, 0.2) is 11.5 Å². The molecular weight excluding hydrogens is 258 g/mol. The number of carboxylic acid groups (broad SMARTS) is 1. The fourth-order valence-corrected chi connectivity index (χ4v) is 3.35. The highest BCUT2D eigenvalue weighted by atomic mass is 16.5. The lowest BCUT2D eigenvalue weighted by Gasteiger charge is -2.21. The Morgan fingerprint density at radius 2 is 2.35 bits per heavy atom. The molecule has 1 unspecified atom stereocenters. The van der Waals surface area contributed by atoms with Gasteiger partial charge in [0.2, 0.25) is 0 Å². The number of likely N-dealkylation sites (N-methyl/N-ethyl adjacent to an activating group) is 1. The highest BCUT2D eigenvalue weighted by molar-refractivity contribution is 5.73. The van der Waals surface area contributed by atoms with E-state index in [2.05, 4.69) is 4.90 Å². The van der Waals surface area contributed by atoms with E-state index in [9.17, 15) is 9.90 Å². The second kappa shape index (κ2) is 4.89. The second-order valence-electron chi connectivity index (χ2n) is 5.59. The van der Waals surface area contributed by atoms with Crippen LogP contribution in [0.1, 0.15) is 36.3 Å². The minimum Gasteiger partial charge on any atom is -0.504 e. The third kappa shape index (κ3) is 2.07. The van der Waals surface area contributed by atoms with Gasteiger partial charge in [-0.1, -0.05) is 0 Å². The Morgan fingerprint density at radius 1 is 1.55 bits per heavy atom. The van der Waals surface area contributed by atoms with Crippen LogP contribution >= 0.6 is 0 Å². The van der Waals surface area contributed by atoms with Gasteiger partial charge in [-0.15, -0.1) is 0 Å². The van der Waals surface area contributed by atoms with Crippen molar-refractivity contribution in [3.05, 3.63) is 17.2 Å². The van der Waals surface area contributed by atoms with Gasteiger partial charge in [0.05, 0.1) is 13.0 Å². The Balaban J connectivity index is 2.15. The molecule has 108 valence electrons. The number of hydrogen-bond acceptors (Lipinski definition) is 4. The molecule has 0 saturated carbocycles. The summed E-state index contributed by atoms with van der Waals surface area (Å²) in [5, 5.41) is 19.4. The number of carboxylic acids is 1. The largest absolute Gasteiger partial charge is 0.504 e. The van der Waals surface area contributed by atoms with E-state index in [1.807, 2.05) is 7.05 Å². The number of benzene rings is 1. The number of anilines is 1. The van der Waals surface area contributed by atoms with Gasteiger partial charge in [0.1, 0.15) is 0 Å². The molecule has 1 aromatic carbocycles. The van der Waals surface area contributed by atoms with Gasteiger partial charge in [-0.25, -0.2) is 0 Å². The van der Waals surface area contributed by atoms with E-state index in [0.717, 1.165) is 42.6 Å². The maximum atomic E-state index is 11.1. The molecule has 0 fully saturated rings. The molecule has 2 N–H and O–H groups in total. The Hall–Kier alpha value is -1.91. The Bertz CT molecular complexity index is 555. The Labute approximate surface area is 117 Å². The summed E-state index contributed by atoms with van der Waals surface area (Å²) >= 11 is 0. The van der Waals surface area contributed by atoms with Crippen molar-refractivity contribution in [3.63, 3.8) is 0 Å². The molecule has 0 bridgehead atoms. The van der Waals surface area contributed by atoms with Crippen molar-refractivity contribution in [2.24, 2.45) is 0 Å². The summed E-state index contributed by atoms with van der Waals surface area (Å²) in [4.78, 5) is 13.2. The highest BCUT2D eigenvalue weighted by Gasteiger charge is 2.32. The zero-order chi connectivity index (χ0) is 14.3. The number of ether oxygens (including phenoxy) is 1. The van der Waals surface area contributed by atoms with Crippen LogP contribution in [0.3, 0.4) is 0 Å². The van der Waals surface area contributed by atoms with E-state index in [0.29, 0.717) is 12.4 Å². The number of fused-ring (bicyclic) bond motifs is 3. The summed E-state index contributed by atoms with van der Waals surface area (Å²) < 4.78 is 5.69. The molecule has 0 saturated heterocycles. The van der Waals surface area contributed by atoms with Crippen LogP contribution in [0.2, 0.25) is 0 Å². The van der Waals surface area contributed by atoms with Crippen LogP contribution in [0.5, 0.6) is 11.5 Å². The van der Waals surface area contributed by atoms with Crippen LogP contribution in [0.25, 0.3) is 0 Å². The predicted octanol–water partition coefficient (Wildman–Crippen LogP) is 2.12. The molecule has 0 aliphatic carbocycles. The van der Waals surface area contributed by atoms with Gasteiger partial charge >= 0.3 is 5.97 Å². The van der Waals surface area contributed by atoms with Crippen molar-refractivity contribution in [2.75, 3.05) is 25.1 Å². The summed E-state index contributed by atoms with van der Waals surface area (Å²) in [5.74, 6) is -0.240. The third-order valence-electron chi connectivity index (χ3n) is 4.27. The highest BCUT2D eigenvalue weighted by Crippen LogP contribution is 2.48. The predicted molar refractivity (Wildman–Crippen MR) is 74.8 cm³/mol. The molecule has 2 aliphatic heterocycles. The number of nitrogens with zero attached hydrogens (tertiary/aromatic N) is 1. The first-order valence-electron chi connectivity index (χ1n) is 7.02. The van der Waals surface area contributed by atoms with E-state index < -0.39 is 5.97 Å². The van der Waals surface area contributed by atoms with Gasteiger partial charge in [-0.05, 0) is 30.7 Å². The van der Waals surface area contributed by atoms with Gasteiger partial charge in [-0.2, -0.15) is 0 Å². The standard InChI is InChI=1S/C15H19NO4/c1-16-5-4-10-11(16)8-12(17)15-14(10)9(7-13(18)19)3-2-6-20-15/h8-9,17H,2-7H2,1H3,(H,18,19). The van der Waals surface area contributed by atoms with E-state index in [1.165, 1.54) is 0 Å². The molecule has 0 aromatic heterocycles. The number of aliphatic carboxylic acids is 1. The topological polar surface area (TPSA) is 70.0 Å². The van der Waals surface area contributed by atoms with Crippen LogP contribution in [-0.4, -0.2) is 36.4 Å². The maximum absolute atomic E-state index is 11.1. The SMILES string of the molecule is CN1CCc2c1cc(O)c1c2C(CC(=O)O)CCCO1. The molecule has 5 heteroatoms. The normalized spacial score (nSPS) is 20.9. The van der Waals surface area contributed by atoms with Crippen LogP contribution < -0.4 is 9.64 Å². The van der Waals surface area contributed by atoms with Gasteiger partial charge in [-0.3, -0.25) is 4.79 Å². The molecule has 2 heterocycles. The maximum Gasteiger partial charge on any atom is 0.303 e. The zero-order valence-electron chi connectivity index (χ0n) is 11.6. The summed E-state index contributed by atoms with van der Waals surface area (Å²) in [6, 6.07) is 1.74. The molecule has 3 rings (SSSR count). The lowest BCUT2D eigenvalue weighted by atomic mass is 9.86. The number of carbonyl (C=O) groups is 1. The minimum atomic E-state index is -0.800. The van der Waals surface area contributed by atoms with Gasteiger partial charge < -0.3 is 19.8 Å². The summed E-state index contributed by atoms with van der Waals surface area (Å²) in [6.07, 6.45) is 2.58. The average Bonchev–Trinajstić information content (AvgIpc) is 2.62. The number of phenols is 1. The molecule has 1 aromatic rings. The second-order valence-corrected chi connectivity index (χ2v) is 5.59. The first kappa shape index (κ1) is 13.1. The number of aromatic hydroxyl groups is 1. The summed E-state index contributed by atoms with van der Waals surface area (Å²) in [6.45, 7) is 1.43. The molecule has 0 amide bonds. The number of hydrogen-bond donors (Lipinski definition) is 2. The smallest absolute Gasteiger partial charge is 0.303 e. The molecular formula is C15H19NO4. The van der Waals surface area contributed by atoms with Crippen molar-refractivity contribution < 1.29 is 19.7 Å². The van der Waals surface area contributed by atoms with Crippen molar-refractivity contribution in [3.8, 4) is 11.5 Å². The van der Waals surface area contributed by atoms with Gasteiger partial charge in [0, 0.05) is 30.9 Å². The Morgan fingerprint density at radius 3 is 3.10 bits per heavy atom. The minimum absolute atomic E-state index is 0.0719. The third-order valence-corrected chi connectivity index (χ3v) is 4.27. The van der Waals surface area contributed by atoms with Crippen molar-refractivity contribution in [1.29, 1.82) is 0 Å². The van der Waals surface area contributed by atoms with Crippen LogP contribution in [0.15, 0.2) is 6.07 Å². The fourth-order valence-electron chi connectivity index (χ4n) is 3.35. The van der Waals surface area contributed by atoms with Crippen LogP contribution in [-0.2, 0) is 11.2 Å². The van der Waals surface area contributed by atoms with E-state index >= 15 is 0 Å². The monoisotopic (exact) mass is 277 g/mol. The average molecular weight is 277 g/mol. The molecule has 0 radical (unpaired) electrons. The van der Waals surface area contributed by atoms with E-state index in [4.69, 9.17) is 9.84 Å². The lowest BCUT2D eigenvalue weighted by Crippen LogP contribution is -2.12. The quantitative estimate of drug-likeness (QED) is 0.866. The molecule has 2 aliphatic rings. The molecule has 20 heavy (non-hydrogen) atoms. The van der Waals surface area contributed by atoms with Gasteiger partial charge in [0.25, 0.3) is 0 Å². The summed E-state index contributed by atoms with van der Waals surface area (Å²) in [7, 11) is 1.99. The molecule has 5 nitrogen and oxygen atoms in total. The zero-order valence-corrected chi connectivity index (χ0v) is 11.6. The van der Waals surface area contributed by atoms with Crippen LogP contribution in [0, 0.1) is 0 Å². The van der Waals surface area contributed by atoms with E-state index in [-0.39, 0.29) is 18.1 Å². The van der Waals surface area contributed by atoms with Crippen molar-refractivity contribution in [2.45, 2.75) is 31.6 Å². The fraction of sp³-hybridized carbons (Fsp3) is 0.533. The van der Waals surface area contributed by atoms with E-state index in [1.54, 1.807) is 6.07 Å². The summed E-state index contributed by atoms with van der Waals surface area (Å²) in [5.41, 5.74) is 3.07. The Kier molecular flexibility index (Phi) is 3.20. The lowest BCUT2D eigenvalue weighted by molar-refractivity contribution is -0.137. The van der Waals surface area contributed by atoms with Crippen molar-refractivity contribution in [1.82, 2.24) is 0 Å². The van der Waals surface area contributed by atoms with Crippen LogP contribution in [0.4, 0.5) is 5.69 Å². The number of phenolic OH excluding ortho intramolecular Hbond substituents is 1. The van der Waals surface area contributed by atoms with Crippen molar-refractivity contribution >= 4 is 11.7 Å². The first-order valence-corrected chi connectivity index (χ1v) is 7.02.